The van der Waals surface area contributed by atoms with Crippen LogP contribution >= 0.6 is 59.4 Å². The van der Waals surface area contributed by atoms with E-state index in [-0.39, 0.29) is 27.9 Å². The topological polar surface area (TPSA) is 91.0 Å². The Morgan fingerprint density at radius 3 is 2.44 bits per heavy atom. The quantitative estimate of drug-likeness (QED) is 0.118. The number of esters is 1. The monoisotopic (exact) mass is 668 g/mol. The first kappa shape index (κ1) is 24.6. The third-order valence-electron chi connectivity index (χ3n) is 4.67. The Balaban J connectivity index is 1.60. The first-order valence-electron chi connectivity index (χ1n) is 9.55. The SMILES string of the molecule is O=C1OC(c2cc([N+](=O)[O-])ccc2Cl)=N/C1=C\c1cc(Br)c(OCc2ccccc2Br)c(Br)c1. The van der Waals surface area contributed by atoms with E-state index in [1.165, 1.54) is 24.3 Å². The summed E-state index contributed by atoms with van der Waals surface area (Å²) in [6, 6.07) is 15.1. The maximum absolute atomic E-state index is 12.4. The van der Waals surface area contributed by atoms with Crippen molar-refractivity contribution in [2.24, 2.45) is 4.99 Å². The minimum atomic E-state index is -0.695. The molecule has 0 atom stereocenters. The van der Waals surface area contributed by atoms with Crippen LogP contribution in [0.5, 0.6) is 5.75 Å². The number of aliphatic imine (C=N–C) groups is 1. The van der Waals surface area contributed by atoms with Gasteiger partial charge in [-0.2, -0.15) is 0 Å². The van der Waals surface area contributed by atoms with Crippen molar-refractivity contribution in [3.05, 3.63) is 106 Å². The minimum Gasteiger partial charge on any atom is -0.486 e. The molecule has 0 spiro atoms. The second-order valence-electron chi connectivity index (χ2n) is 6.95. The number of non-ortho nitro benzene ring substituents is 1. The molecule has 0 bridgehead atoms. The van der Waals surface area contributed by atoms with Crippen LogP contribution in [-0.2, 0) is 16.1 Å². The van der Waals surface area contributed by atoms with E-state index in [4.69, 9.17) is 21.1 Å². The van der Waals surface area contributed by atoms with Gasteiger partial charge in [0.25, 0.3) is 5.69 Å². The molecule has 3 aromatic carbocycles. The van der Waals surface area contributed by atoms with Gasteiger partial charge in [-0.25, -0.2) is 9.79 Å². The number of halogens is 4. The lowest BCUT2D eigenvalue weighted by molar-refractivity contribution is -0.384. The molecule has 7 nitrogen and oxygen atoms in total. The van der Waals surface area contributed by atoms with Crippen molar-refractivity contribution in [1.29, 1.82) is 0 Å². The van der Waals surface area contributed by atoms with Gasteiger partial charge in [0.15, 0.2) is 5.70 Å². The number of hydrogen-bond acceptors (Lipinski definition) is 6. The summed E-state index contributed by atoms with van der Waals surface area (Å²) in [6.45, 7) is 0.350. The van der Waals surface area contributed by atoms with E-state index < -0.39 is 10.9 Å². The molecule has 0 saturated carbocycles. The lowest BCUT2D eigenvalue weighted by Gasteiger charge is -2.12. The molecule has 0 aromatic heterocycles. The molecule has 1 aliphatic heterocycles. The number of nitro groups is 1. The van der Waals surface area contributed by atoms with E-state index in [1.807, 2.05) is 24.3 Å². The molecule has 4 rings (SSSR count). The van der Waals surface area contributed by atoms with Crippen LogP contribution < -0.4 is 4.74 Å². The van der Waals surface area contributed by atoms with Gasteiger partial charge in [0.05, 0.1) is 24.5 Å². The molecule has 0 fully saturated rings. The average molecular weight is 672 g/mol. The van der Waals surface area contributed by atoms with E-state index in [9.17, 15) is 14.9 Å². The summed E-state index contributed by atoms with van der Waals surface area (Å²) >= 11 is 16.6. The Bertz CT molecular complexity index is 1370. The van der Waals surface area contributed by atoms with Crippen LogP contribution in [0.4, 0.5) is 5.69 Å². The van der Waals surface area contributed by atoms with Crippen LogP contribution in [0.15, 0.2) is 78.7 Å². The van der Waals surface area contributed by atoms with E-state index in [0.29, 0.717) is 26.9 Å². The molecule has 0 amide bonds. The molecular formula is C23H12Br3ClN2O5. The zero-order valence-corrected chi connectivity index (χ0v) is 22.4. The predicted octanol–water partition coefficient (Wildman–Crippen LogP) is 7.46. The van der Waals surface area contributed by atoms with Crippen molar-refractivity contribution in [1.82, 2.24) is 0 Å². The summed E-state index contributed by atoms with van der Waals surface area (Å²) in [6.07, 6.45) is 1.54. The number of benzene rings is 3. The first-order valence-corrected chi connectivity index (χ1v) is 12.3. The Kier molecular flexibility index (Phi) is 7.51. The van der Waals surface area contributed by atoms with Gasteiger partial charge in [-0.15, -0.1) is 0 Å². The summed E-state index contributed by atoms with van der Waals surface area (Å²) in [5.74, 6) is -0.199. The van der Waals surface area contributed by atoms with Gasteiger partial charge in [-0.1, -0.05) is 45.7 Å². The molecule has 0 radical (unpaired) electrons. The fourth-order valence-corrected chi connectivity index (χ4v) is 5.09. The number of rotatable bonds is 6. The number of hydrogen-bond donors (Lipinski definition) is 0. The van der Waals surface area contributed by atoms with Gasteiger partial charge in [0.1, 0.15) is 12.4 Å². The van der Waals surface area contributed by atoms with E-state index >= 15 is 0 Å². The molecular weight excluding hydrogens is 659 g/mol. The van der Waals surface area contributed by atoms with Crippen LogP contribution in [0.3, 0.4) is 0 Å². The fourth-order valence-electron chi connectivity index (χ4n) is 3.04. The minimum absolute atomic E-state index is 0.0262. The van der Waals surface area contributed by atoms with Gasteiger partial charge < -0.3 is 9.47 Å². The normalized spacial score (nSPS) is 14.2. The largest absolute Gasteiger partial charge is 0.486 e. The summed E-state index contributed by atoms with van der Waals surface area (Å²) < 4.78 is 13.5. The zero-order valence-electron chi connectivity index (χ0n) is 16.9. The lowest BCUT2D eigenvalue weighted by atomic mass is 10.2. The van der Waals surface area contributed by atoms with Crippen molar-refractivity contribution >= 4 is 83.0 Å². The molecule has 0 unspecified atom stereocenters. The summed E-state index contributed by atoms with van der Waals surface area (Å²) in [5, 5.41) is 11.2. The molecule has 3 aromatic rings. The lowest BCUT2D eigenvalue weighted by Crippen LogP contribution is -2.06. The number of carbonyl (C=O) groups excluding carboxylic acids is 1. The predicted molar refractivity (Wildman–Crippen MR) is 139 cm³/mol. The van der Waals surface area contributed by atoms with Crippen LogP contribution in [0.25, 0.3) is 6.08 Å². The molecule has 34 heavy (non-hydrogen) atoms. The molecule has 11 heteroatoms. The van der Waals surface area contributed by atoms with E-state index in [1.54, 1.807) is 12.1 Å². The standard InChI is InChI=1S/C23H12Br3ClN2O5/c24-16-4-2-1-3-13(16)11-33-21-17(25)7-12(8-18(21)26)9-20-23(30)34-22(28-20)15-10-14(29(31)32)5-6-19(15)27/h1-10H,11H2/b20-9-. The summed E-state index contributed by atoms with van der Waals surface area (Å²) in [5.41, 5.74) is 1.63. The van der Waals surface area contributed by atoms with Gasteiger partial charge in [-0.05, 0) is 67.8 Å². The number of carbonyl (C=O) groups is 1. The Labute approximate surface area is 224 Å². The Morgan fingerprint density at radius 2 is 1.76 bits per heavy atom. The summed E-state index contributed by atoms with van der Waals surface area (Å²) in [4.78, 5) is 27.1. The third kappa shape index (κ3) is 5.41. The molecule has 0 N–H and O–H groups in total. The van der Waals surface area contributed by atoms with Crippen LogP contribution in [0.1, 0.15) is 16.7 Å². The molecule has 0 aliphatic carbocycles. The van der Waals surface area contributed by atoms with E-state index in [2.05, 4.69) is 52.8 Å². The average Bonchev–Trinajstić information content (AvgIpc) is 3.14. The van der Waals surface area contributed by atoms with Crippen LogP contribution in [0, 0.1) is 10.1 Å². The molecule has 0 saturated heterocycles. The van der Waals surface area contributed by atoms with Gasteiger partial charge >= 0.3 is 5.97 Å². The number of nitro benzene ring substituents is 1. The highest BCUT2D eigenvalue weighted by Crippen LogP contribution is 2.37. The summed E-state index contributed by atoms with van der Waals surface area (Å²) in [7, 11) is 0. The maximum atomic E-state index is 12.4. The smallest absolute Gasteiger partial charge is 0.363 e. The highest BCUT2D eigenvalue weighted by Gasteiger charge is 2.27. The number of nitrogens with zero attached hydrogens (tertiary/aromatic N) is 2. The maximum Gasteiger partial charge on any atom is 0.363 e. The second-order valence-corrected chi connectivity index (χ2v) is 9.92. The third-order valence-corrected chi connectivity index (χ3v) is 6.95. The van der Waals surface area contributed by atoms with Crippen LogP contribution in [-0.4, -0.2) is 16.8 Å². The first-order chi connectivity index (χ1) is 16.2. The fraction of sp³-hybridized carbons (Fsp3) is 0.0435. The highest BCUT2D eigenvalue weighted by molar-refractivity contribution is 9.11. The highest BCUT2D eigenvalue weighted by atomic mass is 79.9. The van der Waals surface area contributed by atoms with Crippen molar-refractivity contribution < 1.29 is 19.2 Å². The molecule has 1 heterocycles. The van der Waals surface area contributed by atoms with E-state index in [0.717, 1.165) is 10.0 Å². The molecule has 1 aliphatic rings. The molecule has 172 valence electrons. The van der Waals surface area contributed by atoms with Crippen molar-refractivity contribution in [3.8, 4) is 5.75 Å². The Hall–Kier alpha value is -2.53. The second kappa shape index (κ2) is 10.4. The number of ether oxygens (including phenoxy) is 2. The van der Waals surface area contributed by atoms with Gasteiger partial charge in [0, 0.05) is 22.2 Å². The van der Waals surface area contributed by atoms with Gasteiger partial charge in [-0.3, -0.25) is 10.1 Å². The van der Waals surface area contributed by atoms with Gasteiger partial charge in [0.2, 0.25) is 5.90 Å². The van der Waals surface area contributed by atoms with Crippen molar-refractivity contribution in [3.63, 3.8) is 0 Å². The zero-order chi connectivity index (χ0) is 24.4. The van der Waals surface area contributed by atoms with Crippen LogP contribution in [0.2, 0.25) is 5.02 Å². The number of cyclic esters (lactones) is 1. The van der Waals surface area contributed by atoms with Crippen molar-refractivity contribution in [2.75, 3.05) is 0 Å². The Morgan fingerprint density at radius 1 is 1.06 bits per heavy atom. The van der Waals surface area contributed by atoms with Crippen molar-refractivity contribution in [2.45, 2.75) is 6.61 Å².